The van der Waals surface area contributed by atoms with E-state index in [2.05, 4.69) is 10.2 Å². The van der Waals surface area contributed by atoms with E-state index in [9.17, 15) is 9.59 Å². The Morgan fingerprint density at radius 3 is 2.45 bits per heavy atom. The molecule has 0 aromatic rings. The minimum Gasteiger partial charge on any atom is -0.481 e. The van der Waals surface area contributed by atoms with Crippen LogP contribution in [0, 0.1) is 11.8 Å². The van der Waals surface area contributed by atoms with Gasteiger partial charge in [0.15, 0.2) is 0 Å². The number of hydrogen-bond acceptors (Lipinski definition) is 3. The van der Waals surface area contributed by atoms with Crippen LogP contribution in [0.4, 0.5) is 0 Å². The second kappa shape index (κ2) is 7.07. The molecule has 1 amide bonds. The second-order valence-corrected chi connectivity index (χ2v) is 6.32. The zero-order valence-corrected chi connectivity index (χ0v) is 12.3. The monoisotopic (exact) mass is 282 g/mol. The van der Waals surface area contributed by atoms with E-state index in [4.69, 9.17) is 5.11 Å². The van der Waals surface area contributed by atoms with Gasteiger partial charge in [0, 0.05) is 18.5 Å². The molecule has 20 heavy (non-hydrogen) atoms. The average molecular weight is 282 g/mol. The lowest BCUT2D eigenvalue weighted by atomic mass is 10.0. The van der Waals surface area contributed by atoms with Gasteiger partial charge in [-0.15, -0.1) is 0 Å². The third kappa shape index (κ3) is 4.20. The fraction of sp³-hybridized carbons (Fsp3) is 0.867. The van der Waals surface area contributed by atoms with Gasteiger partial charge in [-0.05, 0) is 52.1 Å². The number of carboxylic acids is 1. The van der Waals surface area contributed by atoms with Crippen LogP contribution < -0.4 is 5.32 Å². The third-order valence-electron chi connectivity index (χ3n) is 4.52. The quantitative estimate of drug-likeness (QED) is 0.801. The molecule has 1 saturated heterocycles. The first-order chi connectivity index (χ1) is 9.56. The summed E-state index contributed by atoms with van der Waals surface area (Å²) in [4.78, 5) is 25.5. The summed E-state index contributed by atoms with van der Waals surface area (Å²) in [5.74, 6) is -1.16. The van der Waals surface area contributed by atoms with Crippen molar-refractivity contribution in [3.05, 3.63) is 0 Å². The molecular formula is C15H26N2O3. The molecule has 0 aromatic carbocycles. The lowest BCUT2D eigenvalue weighted by Crippen LogP contribution is -2.45. The van der Waals surface area contributed by atoms with Gasteiger partial charge in [-0.1, -0.05) is 6.42 Å². The van der Waals surface area contributed by atoms with Gasteiger partial charge in [-0.2, -0.15) is 0 Å². The third-order valence-corrected chi connectivity index (χ3v) is 4.52. The number of carbonyl (C=O) groups excluding carboxylic acids is 1. The number of nitrogens with one attached hydrogen (secondary N) is 1. The van der Waals surface area contributed by atoms with Gasteiger partial charge in [0.1, 0.15) is 0 Å². The maximum absolute atomic E-state index is 12.1. The molecule has 3 atom stereocenters. The standard InChI is InChI=1S/C15H26N2O3/c1-11(10-17-7-3-2-4-8-17)16-14(18)12-5-6-13(9-12)15(19)20/h11-13H,2-10H2,1H3,(H,16,18)(H,19,20). The molecule has 2 N–H and O–H groups in total. The molecule has 2 aliphatic rings. The van der Waals surface area contributed by atoms with E-state index in [1.165, 1.54) is 19.3 Å². The molecule has 1 aliphatic carbocycles. The summed E-state index contributed by atoms with van der Waals surface area (Å²) in [5.41, 5.74) is 0. The number of hydrogen-bond donors (Lipinski definition) is 2. The molecule has 5 heteroatoms. The summed E-state index contributed by atoms with van der Waals surface area (Å²) in [6, 6.07) is 0.143. The molecule has 1 aliphatic heterocycles. The Labute approximate surface area is 120 Å². The van der Waals surface area contributed by atoms with Gasteiger partial charge in [0.05, 0.1) is 5.92 Å². The van der Waals surface area contributed by atoms with Crippen LogP contribution in [-0.2, 0) is 9.59 Å². The summed E-state index contributed by atoms with van der Waals surface area (Å²) in [6.07, 6.45) is 5.66. The second-order valence-electron chi connectivity index (χ2n) is 6.32. The Morgan fingerprint density at radius 2 is 1.85 bits per heavy atom. The molecule has 5 nitrogen and oxygen atoms in total. The highest BCUT2D eigenvalue weighted by Crippen LogP contribution is 2.31. The van der Waals surface area contributed by atoms with Gasteiger partial charge < -0.3 is 15.3 Å². The van der Waals surface area contributed by atoms with E-state index in [1.807, 2.05) is 6.92 Å². The summed E-state index contributed by atoms with van der Waals surface area (Å²) >= 11 is 0. The van der Waals surface area contributed by atoms with Crippen LogP contribution in [-0.4, -0.2) is 47.6 Å². The van der Waals surface area contributed by atoms with Crippen LogP contribution in [0.15, 0.2) is 0 Å². The number of amides is 1. The highest BCUT2D eigenvalue weighted by Gasteiger charge is 2.34. The van der Waals surface area contributed by atoms with Gasteiger partial charge in [-0.3, -0.25) is 9.59 Å². The predicted molar refractivity (Wildman–Crippen MR) is 76.4 cm³/mol. The molecule has 1 heterocycles. The molecule has 2 rings (SSSR count). The van der Waals surface area contributed by atoms with E-state index in [0.29, 0.717) is 19.3 Å². The van der Waals surface area contributed by atoms with Gasteiger partial charge in [0.2, 0.25) is 5.91 Å². The van der Waals surface area contributed by atoms with Crippen LogP contribution in [0.2, 0.25) is 0 Å². The van der Waals surface area contributed by atoms with E-state index < -0.39 is 5.97 Å². The Balaban J connectivity index is 1.72. The van der Waals surface area contributed by atoms with Crippen LogP contribution in [0.5, 0.6) is 0 Å². The summed E-state index contributed by atoms with van der Waals surface area (Å²) in [6.45, 7) is 5.20. The summed E-state index contributed by atoms with van der Waals surface area (Å²) < 4.78 is 0. The Morgan fingerprint density at radius 1 is 1.20 bits per heavy atom. The molecule has 2 fully saturated rings. The fourth-order valence-electron chi connectivity index (χ4n) is 3.38. The van der Waals surface area contributed by atoms with Gasteiger partial charge in [0.25, 0.3) is 0 Å². The number of likely N-dealkylation sites (tertiary alicyclic amines) is 1. The molecular weight excluding hydrogens is 256 g/mol. The lowest BCUT2D eigenvalue weighted by molar-refractivity contribution is -0.141. The predicted octanol–water partition coefficient (Wildman–Crippen LogP) is 1.48. The first kappa shape index (κ1) is 15.3. The molecule has 0 radical (unpaired) electrons. The zero-order chi connectivity index (χ0) is 14.5. The number of carboxylic acid groups (broad SMARTS) is 1. The van der Waals surface area contributed by atoms with Crippen molar-refractivity contribution in [2.24, 2.45) is 11.8 Å². The minimum atomic E-state index is -0.762. The van der Waals surface area contributed by atoms with E-state index >= 15 is 0 Å². The molecule has 0 bridgehead atoms. The van der Waals surface area contributed by atoms with Crippen LogP contribution in [0.25, 0.3) is 0 Å². The topological polar surface area (TPSA) is 69.6 Å². The van der Waals surface area contributed by atoms with Gasteiger partial charge in [-0.25, -0.2) is 0 Å². The number of aliphatic carboxylic acids is 1. The van der Waals surface area contributed by atoms with Gasteiger partial charge >= 0.3 is 5.97 Å². The van der Waals surface area contributed by atoms with Crippen molar-refractivity contribution in [1.82, 2.24) is 10.2 Å². The van der Waals surface area contributed by atoms with Crippen molar-refractivity contribution in [1.29, 1.82) is 0 Å². The maximum atomic E-state index is 12.1. The van der Waals surface area contributed by atoms with E-state index in [-0.39, 0.29) is 23.8 Å². The van der Waals surface area contributed by atoms with E-state index in [1.54, 1.807) is 0 Å². The van der Waals surface area contributed by atoms with Crippen molar-refractivity contribution < 1.29 is 14.7 Å². The number of piperidine rings is 1. The first-order valence-corrected chi connectivity index (χ1v) is 7.82. The van der Waals surface area contributed by atoms with Crippen molar-refractivity contribution in [2.75, 3.05) is 19.6 Å². The van der Waals surface area contributed by atoms with Crippen molar-refractivity contribution >= 4 is 11.9 Å². The Hall–Kier alpha value is -1.10. The molecule has 3 unspecified atom stereocenters. The SMILES string of the molecule is CC(CN1CCCCC1)NC(=O)C1CCC(C(=O)O)C1. The van der Waals surface area contributed by atoms with Crippen LogP contribution in [0.1, 0.15) is 45.4 Å². The summed E-state index contributed by atoms with van der Waals surface area (Å²) in [5, 5.41) is 12.0. The van der Waals surface area contributed by atoms with Crippen LogP contribution in [0.3, 0.4) is 0 Å². The lowest BCUT2D eigenvalue weighted by Gasteiger charge is -2.29. The highest BCUT2D eigenvalue weighted by molar-refractivity contribution is 5.81. The first-order valence-electron chi connectivity index (χ1n) is 7.82. The van der Waals surface area contributed by atoms with Crippen LogP contribution >= 0.6 is 0 Å². The fourth-order valence-corrected chi connectivity index (χ4v) is 3.38. The van der Waals surface area contributed by atoms with E-state index in [0.717, 1.165) is 19.6 Å². The van der Waals surface area contributed by atoms with Crippen molar-refractivity contribution in [3.63, 3.8) is 0 Å². The molecule has 1 saturated carbocycles. The average Bonchev–Trinajstić information content (AvgIpc) is 2.89. The molecule has 114 valence electrons. The Bertz CT molecular complexity index is 353. The van der Waals surface area contributed by atoms with Crippen molar-refractivity contribution in [3.8, 4) is 0 Å². The number of carbonyl (C=O) groups is 2. The maximum Gasteiger partial charge on any atom is 0.306 e. The normalized spacial score (nSPS) is 29.1. The molecule has 0 spiro atoms. The summed E-state index contributed by atoms with van der Waals surface area (Å²) in [7, 11) is 0. The highest BCUT2D eigenvalue weighted by atomic mass is 16.4. The number of rotatable bonds is 5. The van der Waals surface area contributed by atoms with Crippen molar-refractivity contribution in [2.45, 2.75) is 51.5 Å². The Kier molecular flexibility index (Phi) is 5.40. The largest absolute Gasteiger partial charge is 0.481 e. The number of nitrogens with zero attached hydrogens (tertiary/aromatic N) is 1. The zero-order valence-electron chi connectivity index (χ0n) is 12.3. The minimum absolute atomic E-state index is 0.0401. The smallest absolute Gasteiger partial charge is 0.306 e. The molecule has 0 aromatic heterocycles.